The third kappa shape index (κ3) is 6.58. The highest BCUT2D eigenvalue weighted by Crippen LogP contribution is 2.32. The summed E-state index contributed by atoms with van der Waals surface area (Å²) in [4.78, 5) is 27.8. The summed E-state index contributed by atoms with van der Waals surface area (Å²) in [5, 5.41) is 2.99. The monoisotopic (exact) mass is 422 g/mol. The van der Waals surface area contributed by atoms with Crippen molar-refractivity contribution in [3.63, 3.8) is 0 Å². The van der Waals surface area contributed by atoms with E-state index in [2.05, 4.69) is 12.2 Å². The molecule has 0 bridgehead atoms. The number of methoxy groups -OCH3 is 1. The zero-order valence-electron chi connectivity index (χ0n) is 18.7. The quantitative estimate of drug-likeness (QED) is 0.540. The van der Waals surface area contributed by atoms with Crippen molar-refractivity contribution in [2.75, 3.05) is 13.7 Å². The number of rotatable bonds is 11. The second-order valence-electron chi connectivity index (χ2n) is 8.40. The molecule has 3 rings (SSSR count). The van der Waals surface area contributed by atoms with Crippen LogP contribution in [0.2, 0.25) is 0 Å². The topological polar surface area (TPSA) is 58.6 Å². The molecule has 1 aliphatic rings. The molecule has 5 heteroatoms. The summed E-state index contributed by atoms with van der Waals surface area (Å²) in [7, 11) is 1.63. The molecule has 2 amide bonds. The second-order valence-corrected chi connectivity index (χ2v) is 8.40. The molecule has 5 nitrogen and oxygen atoms in total. The molecule has 2 atom stereocenters. The predicted molar refractivity (Wildman–Crippen MR) is 122 cm³/mol. The third-order valence-corrected chi connectivity index (χ3v) is 6.10. The van der Waals surface area contributed by atoms with Crippen LogP contribution in [0.1, 0.15) is 50.2 Å². The highest BCUT2D eigenvalue weighted by molar-refractivity contribution is 5.87. The minimum absolute atomic E-state index is 0.0591. The SMILES string of the molecule is CCCCCC1CN(Cc2ccccc2)C(=O)C1CC(=O)NCc1ccc(OC)cc1. The Kier molecular flexibility index (Phi) is 8.51. The number of nitrogens with one attached hydrogen (secondary N) is 1. The van der Waals surface area contributed by atoms with Crippen molar-refractivity contribution in [2.24, 2.45) is 11.8 Å². The van der Waals surface area contributed by atoms with Gasteiger partial charge in [-0.15, -0.1) is 0 Å². The van der Waals surface area contributed by atoms with Crippen molar-refractivity contribution >= 4 is 11.8 Å². The van der Waals surface area contributed by atoms with Gasteiger partial charge in [0.1, 0.15) is 5.75 Å². The van der Waals surface area contributed by atoms with Gasteiger partial charge in [-0.3, -0.25) is 9.59 Å². The molecule has 1 saturated heterocycles. The van der Waals surface area contributed by atoms with Crippen LogP contribution < -0.4 is 10.1 Å². The normalized spacial score (nSPS) is 18.3. The molecular weight excluding hydrogens is 388 g/mol. The lowest BCUT2D eigenvalue weighted by molar-refractivity contribution is -0.134. The molecule has 2 aromatic rings. The molecule has 2 unspecified atom stereocenters. The van der Waals surface area contributed by atoms with Crippen LogP contribution >= 0.6 is 0 Å². The average molecular weight is 423 g/mol. The fourth-order valence-corrected chi connectivity index (χ4v) is 4.30. The lowest BCUT2D eigenvalue weighted by Crippen LogP contribution is -2.31. The number of hydrogen-bond acceptors (Lipinski definition) is 3. The zero-order valence-corrected chi connectivity index (χ0v) is 18.7. The molecule has 31 heavy (non-hydrogen) atoms. The van der Waals surface area contributed by atoms with E-state index in [0.29, 0.717) is 13.1 Å². The highest BCUT2D eigenvalue weighted by atomic mass is 16.5. The van der Waals surface area contributed by atoms with Crippen LogP contribution in [-0.4, -0.2) is 30.4 Å². The van der Waals surface area contributed by atoms with E-state index in [0.717, 1.165) is 42.7 Å². The van der Waals surface area contributed by atoms with E-state index in [9.17, 15) is 9.59 Å². The van der Waals surface area contributed by atoms with Crippen LogP contribution in [0.3, 0.4) is 0 Å². The van der Waals surface area contributed by atoms with Crippen molar-refractivity contribution in [2.45, 2.75) is 52.1 Å². The Morgan fingerprint density at radius 1 is 1.06 bits per heavy atom. The van der Waals surface area contributed by atoms with Crippen molar-refractivity contribution in [3.8, 4) is 5.75 Å². The van der Waals surface area contributed by atoms with Crippen LogP contribution in [0.15, 0.2) is 54.6 Å². The van der Waals surface area contributed by atoms with Gasteiger partial charge in [0.05, 0.1) is 13.0 Å². The van der Waals surface area contributed by atoms with Gasteiger partial charge in [-0.25, -0.2) is 0 Å². The van der Waals surface area contributed by atoms with Crippen molar-refractivity contribution in [1.29, 1.82) is 0 Å². The molecule has 0 radical (unpaired) electrons. The Labute approximate surface area is 185 Å². The van der Waals surface area contributed by atoms with Gasteiger partial charge in [-0.2, -0.15) is 0 Å². The van der Waals surface area contributed by atoms with Crippen LogP contribution in [0.4, 0.5) is 0 Å². The molecule has 1 aliphatic heterocycles. The molecule has 1 fully saturated rings. The Balaban J connectivity index is 1.59. The molecular formula is C26H34N2O3. The third-order valence-electron chi connectivity index (χ3n) is 6.10. The van der Waals surface area contributed by atoms with Crippen LogP contribution in [0.25, 0.3) is 0 Å². The van der Waals surface area contributed by atoms with E-state index >= 15 is 0 Å². The smallest absolute Gasteiger partial charge is 0.226 e. The van der Waals surface area contributed by atoms with E-state index in [-0.39, 0.29) is 30.1 Å². The maximum absolute atomic E-state index is 13.2. The van der Waals surface area contributed by atoms with Crippen LogP contribution in [0.5, 0.6) is 5.75 Å². The number of benzene rings is 2. The Hall–Kier alpha value is -2.82. The van der Waals surface area contributed by atoms with E-state index in [4.69, 9.17) is 4.74 Å². The molecule has 2 aromatic carbocycles. The summed E-state index contributed by atoms with van der Waals surface area (Å²) in [6.07, 6.45) is 4.69. The standard InChI is InChI=1S/C26H34N2O3/c1-3-4-6-11-22-19-28(18-21-9-7-5-8-10-21)26(30)24(22)16-25(29)27-17-20-12-14-23(31-2)15-13-20/h5,7-10,12-15,22,24H,3-4,6,11,16-19H2,1-2H3,(H,27,29). The number of carbonyl (C=O) groups is 2. The summed E-state index contributed by atoms with van der Waals surface area (Å²) in [6.45, 7) is 4.01. The maximum Gasteiger partial charge on any atom is 0.226 e. The summed E-state index contributed by atoms with van der Waals surface area (Å²) in [5.41, 5.74) is 2.14. The summed E-state index contributed by atoms with van der Waals surface area (Å²) in [5.74, 6) is 0.868. The number of amides is 2. The first-order valence-corrected chi connectivity index (χ1v) is 11.3. The predicted octanol–water partition coefficient (Wildman–Crippen LogP) is 4.56. The molecule has 0 aromatic heterocycles. The molecule has 0 saturated carbocycles. The van der Waals surface area contributed by atoms with Crippen LogP contribution in [-0.2, 0) is 22.7 Å². The first-order valence-electron chi connectivity index (χ1n) is 11.3. The highest BCUT2D eigenvalue weighted by Gasteiger charge is 2.40. The fraction of sp³-hybridized carbons (Fsp3) is 0.462. The van der Waals surface area contributed by atoms with Crippen molar-refractivity contribution < 1.29 is 14.3 Å². The van der Waals surface area contributed by atoms with Gasteiger partial charge in [0, 0.05) is 26.1 Å². The van der Waals surface area contributed by atoms with Gasteiger partial charge in [0.15, 0.2) is 0 Å². The lowest BCUT2D eigenvalue weighted by Gasteiger charge is -2.16. The number of likely N-dealkylation sites (tertiary alicyclic amines) is 1. The molecule has 166 valence electrons. The fourth-order valence-electron chi connectivity index (χ4n) is 4.30. The van der Waals surface area contributed by atoms with Crippen LogP contribution in [0, 0.1) is 11.8 Å². The zero-order chi connectivity index (χ0) is 22.1. The number of nitrogens with zero attached hydrogens (tertiary/aromatic N) is 1. The largest absolute Gasteiger partial charge is 0.497 e. The second kappa shape index (κ2) is 11.5. The van der Waals surface area contributed by atoms with Gasteiger partial charge in [-0.05, 0) is 35.6 Å². The minimum Gasteiger partial charge on any atom is -0.497 e. The van der Waals surface area contributed by atoms with Crippen molar-refractivity contribution in [3.05, 3.63) is 65.7 Å². The number of hydrogen-bond donors (Lipinski definition) is 1. The summed E-state index contributed by atoms with van der Waals surface area (Å²) >= 11 is 0. The Bertz CT molecular complexity index is 835. The van der Waals surface area contributed by atoms with E-state index in [1.807, 2.05) is 59.5 Å². The average Bonchev–Trinajstić information content (AvgIpc) is 3.08. The lowest BCUT2D eigenvalue weighted by atomic mass is 9.87. The van der Waals surface area contributed by atoms with Gasteiger partial charge >= 0.3 is 0 Å². The summed E-state index contributed by atoms with van der Waals surface area (Å²) < 4.78 is 5.17. The van der Waals surface area contributed by atoms with E-state index in [1.54, 1.807) is 7.11 Å². The van der Waals surface area contributed by atoms with Crippen molar-refractivity contribution in [1.82, 2.24) is 10.2 Å². The van der Waals surface area contributed by atoms with Gasteiger partial charge in [-0.1, -0.05) is 68.7 Å². The maximum atomic E-state index is 13.2. The molecule has 1 N–H and O–H groups in total. The number of unbranched alkanes of at least 4 members (excludes halogenated alkanes) is 2. The minimum atomic E-state index is -0.226. The van der Waals surface area contributed by atoms with E-state index < -0.39 is 0 Å². The molecule has 0 aliphatic carbocycles. The Morgan fingerprint density at radius 2 is 1.81 bits per heavy atom. The number of carbonyl (C=O) groups excluding carboxylic acids is 2. The first-order chi connectivity index (χ1) is 15.1. The van der Waals surface area contributed by atoms with E-state index in [1.165, 1.54) is 6.42 Å². The first kappa shape index (κ1) is 22.9. The Morgan fingerprint density at radius 3 is 2.48 bits per heavy atom. The molecule has 1 heterocycles. The van der Waals surface area contributed by atoms with Gasteiger partial charge in [0.25, 0.3) is 0 Å². The van der Waals surface area contributed by atoms with Gasteiger partial charge < -0.3 is 15.0 Å². The molecule has 0 spiro atoms. The van der Waals surface area contributed by atoms with Gasteiger partial charge in [0.2, 0.25) is 11.8 Å². The number of ether oxygens (including phenoxy) is 1. The summed E-state index contributed by atoms with van der Waals surface area (Å²) in [6, 6.07) is 17.7.